The Kier molecular flexibility index (Phi) is 4.97. The first-order chi connectivity index (χ1) is 8.02. The summed E-state index contributed by atoms with van der Waals surface area (Å²) in [5.41, 5.74) is 8.10. The number of nitrogens with zero attached hydrogens (tertiary/aromatic N) is 2. The van der Waals surface area contributed by atoms with Gasteiger partial charge in [0, 0.05) is 19.0 Å². The van der Waals surface area contributed by atoms with Gasteiger partial charge in [0.1, 0.15) is 5.84 Å². The van der Waals surface area contributed by atoms with Crippen LogP contribution in [-0.2, 0) is 6.54 Å². The zero-order valence-electron chi connectivity index (χ0n) is 10.7. The molecule has 0 spiro atoms. The second-order valence-electron chi connectivity index (χ2n) is 4.61. The van der Waals surface area contributed by atoms with Crippen LogP contribution in [0.5, 0.6) is 0 Å². The van der Waals surface area contributed by atoms with Gasteiger partial charge in [-0.1, -0.05) is 41.9 Å². The molecule has 0 amide bonds. The van der Waals surface area contributed by atoms with Crippen molar-refractivity contribution in [1.29, 1.82) is 0 Å². The van der Waals surface area contributed by atoms with Crippen molar-refractivity contribution in [3.8, 4) is 0 Å². The van der Waals surface area contributed by atoms with Crippen LogP contribution in [0, 0.1) is 12.8 Å². The van der Waals surface area contributed by atoms with Gasteiger partial charge in [-0.25, -0.2) is 0 Å². The van der Waals surface area contributed by atoms with E-state index in [-0.39, 0.29) is 11.8 Å². The maximum atomic E-state index is 8.59. The number of benzene rings is 1. The highest BCUT2D eigenvalue weighted by atomic mass is 16.4. The van der Waals surface area contributed by atoms with Crippen LogP contribution in [0.4, 0.5) is 0 Å². The predicted molar refractivity (Wildman–Crippen MR) is 70.1 cm³/mol. The van der Waals surface area contributed by atoms with Gasteiger partial charge in [0.05, 0.1) is 0 Å². The molecule has 4 nitrogen and oxygen atoms in total. The summed E-state index contributed by atoms with van der Waals surface area (Å²) in [7, 11) is 2.03. The molecule has 17 heavy (non-hydrogen) atoms. The normalized spacial score (nSPS) is 14.0. The highest BCUT2D eigenvalue weighted by Gasteiger charge is 2.11. The summed E-state index contributed by atoms with van der Waals surface area (Å²) in [5, 5.41) is 11.6. The molecule has 0 aliphatic rings. The summed E-state index contributed by atoms with van der Waals surface area (Å²) in [4.78, 5) is 2.16. The Morgan fingerprint density at radius 3 is 2.82 bits per heavy atom. The summed E-state index contributed by atoms with van der Waals surface area (Å²) in [5.74, 6) is 0.330. The van der Waals surface area contributed by atoms with Gasteiger partial charge >= 0.3 is 0 Å². The zero-order chi connectivity index (χ0) is 12.8. The average molecular weight is 235 g/mol. The lowest BCUT2D eigenvalue weighted by atomic mass is 10.1. The van der Waals surface area contributed by atoms with E-state index in [1.807, 2.05) is 14.0 Å². The highest BCUT2D eigenvalue weighted by Crippen LogP contribution is 2.08. The van der Waals surface area contributed by atoms with E-state index in [9.17, 15) is 0 Å². The van der Waals surface area contributed by atoms with E-state index in [1.165, 1.54) is 11.1 Å². The molecular formula is C13H21N3O. The van der Waals surface area contributed by atoms with Crippen molar-refractivity contribution in [1.82, 2.24) is 4.90 Å². The van der Waals surface area contributed by atoms with Crippen molar-refractivity contribution < 1.29 is 5.21 Å². The van der Waals surface area contributed by atoms with Gasteiger partial charge in [0.2, 0.25) is 0 Å². The Hall–Kier alpha value is -1.55. The molecule has 0 bridgehead atoms. The molecule has 0 fully saturated rings. The summed E-state index contributed by atoms with van der Waals surface area (Å²) in [6, 6.07) is 8.43. The smallest absolute Gasteiger partial charge is 0.143 e. The zero-order valence-corrected chi connectivity index (χ0v) is 10.7. The minimum Gasteiger partial charge on any atom is -0.409 e. The molecule has 4 heteroatoms. The van der Waals surface area contributed by atoms with Gasteiger partial charge in [-0.2, -0.15) is 0 Å². The van der Waals surface area contributed by atoms with Crippen molar-refractivity contribution >= 4 is 5.84 Å². The van der Waals surface area contributed by atoms with Crippen molar-refractivity contribution in [3.63, 3.8) is 0 Å². The van der Waals surface area contributed by atoms with Crippen LogP contribution in [0.25, 0.3) is 0 Å². The number of rotatable bonds is 5. The average Bonchev–Trinajstić information content (AvgIpc) is 2.27. The van der Waals surface area contributed by atoms with Crippen LogP contribution < -0.4 is 5.73 Å². The molecule has 0 radical (unpaired) electrons. The second kappa shape index (κ2) is 6.25. The summed E-state index contributed by atoms with van der Waals surface area (Å²) in [6.45, 7) is 5.67. The van der Waals surface area contributed by atoms with Crippen LogP contribution in [0.1, 0.15) is 18.1 Å². The number of aryl methyl sites for hydroxylation is 1. The van der Waals surface area contributed by atoms with Gasteiger partial charge in [-0.05, 0) is 19.5 Å². The third-order valence-electron chi connectivity index (χ3n) is 2.74. The third-order valence-corrected chi connectivity index (χ3v) is 2.74. The molecule has 0 saturated carbocycles. The summed E-state index contributed by atoms with van der Waals surface area (Å²) in [6.07, 6.45) is 0. The van der Waals surface area contributed by atoms with E-state index in [4.69, 9.17) is 10.9 Å². The molecule has 1 atom stereocenters. The van der Waals surface area contributed by atoms with Crippen LogP contribution >= 0.6 is 0 Å². The Balaban J connectivity index is 2.52. The first-order valence-electron chi connectivity index (χ1n) is 5.74. The number of oxime groups is 1. The fourth-order valence-corrected chi connectivity index (χ4v) is 1.85. The first-order valence-corrected chi connectivity index (χ1v) is 5.74. The maximum absolute atomic E-state index is 8.59. The Morgan fingerprint density at radius 2 is 2.24 bits per heavy atom. The fourth-order valence-electron chi connectivity index (χ4n) is 1.85. The molecule has 0 aliphatic carbocycles. The van der Waals surface area contributed by atoms with Gasteiger partial charge in [0.25, 0.3) is 0 Å². The topological polar surface area (TPSA) is 61.8 Å². The number of hydrogen-bond acceptors (Lipinski definition) is 3. The molecule has 0 heterocycles. The van der Waals surface area contributed by atoms with E-state index >= 15 is 0 Å². The van der Waals surface area contributed by atoms with E-state index in [1.54, 1.807) is 0 Å². The standard InChI is InChI=1S/C13H21N3O/c1-10-5-4-6-12(7-10)9-16(3)8-11(2)13(14)15-17/h4-7,11,17H,8-9H2,1-3H3,(H2,14,15). The van der Waals surface area contributed by atoms with Gasteiger partial charge in [-0.15, -0.1) is 0 Å². The molecule has 0 aliphatic heterocycles. The number of amidine groups is 1. The Labute approximate surface area is 103 Å². The molecular weight excluding hydrogens is 214 g/mol. The largest absolute Gasteiger partial charge is 0.409 e. The molecule has 94 valence electrons. The van der Waals surface area contributed by atoms with Crippen molar-refractivity contribution in [2.24, 2.45) is 16.8 Å². The third kappa shape index (κ3) is 4.44. The van der Waals surface area contributed by atoms with Gasteiger partial charge in [0.15, 0.2) is 0 Å². The molecule has 1 unspecified atom stereocenters. The lowest BCUT2D eigenvalue weighted by Crippen LogP contribution is -2.32. The monoisotopic (exact) mass is 235 g/mol. The van der Waals surface area contributed by atoms with Crippen molar-refractivity contribution in [2.75, 3.05) is 13.6 Å². The van der Waals surface area contributed by atoms with Crippen LogP contribution in [-0.4, -0.2) is 29.5 Å². The van der Waals surface area contributed by atoms with Crippen molar-refractivity contribution in [3.05, 3.63) is 35.4 Å². The van der Waals surface area contributed by atoms with E-state index in [0.717, 1.165) is 13.1 Å². The minimum atomic E-state index is 0.0507. The highest BCUT2D eigenvalue weighted by molar-refractivity contribution is 5.82. The molecule has 0 saturated heterocycles. The molecule has 3 N–H and O–H groups in total. The Morgan fingerprint density at radius 1 is 1.53 bits per heavy atom. The maximum Gasteiger partial charge on any atom is 0.143 e. The van der Waals surface area contributed by atoms with Crippen molar-refractivity contribution in [2.45, 2.75) is 20.4 Å². The Bertz CT molecular complexity index is 390. The van der Waals surface area contributed by atoms with E-state index in [0.29, 0.717) is 0 Å². The minimum absolute atomic E-state index is 0.0507. The van der Waals surface area contributed by atoms with Crippen LogP contribution in [0.2, 0.25) is 0 Å². The second-order valence-corrected chi connectivity index (χ2v) is 4.61. The summed E-state index contributed by atoms with van der Waals surface area (Å²) >= 11 is 0. The lowest BCUT2D eigenvalue weighted by Gasteiger charge is -2.20. The molecule has 1 aromatic rings. The van der Waals surface area contributed by atoms with E-state index < -0.39 is 0 Å². The predicted octanol–water partition coefficient (Wildman–Crippen LogP) is 1.81. The first kappa shape index (κ1) is 13.5. The fraction of sp³-hybridized carbons (Fsp3) is 0.462. The quantitative estimate of drug-likeness (QED) is 0.354. The number of hydrogen-bond donors (Lipinski definition) is 2. The number of nitrogens with two attached hydrogens (primary N) is 1. The lowest BCUT2D eigenvalue weighted by molar-refractivity contribution is 0.290. The van der Waals surface area contributed by atoms with Gasteiger partial charge in [-0.3, -0.25) is 0 Å². The molecule has 1 rings (SSSR count). The molecule has 1 aromatic carbocycles. The summed E-state index contributed by atoms with van der Waals surface area (Å²) < 4.78 is 0. The van der Waals surface area contributed by atoms with Crippen LogP contribution in [0.15, 0.2) is 29.4 Å². The van der Waals surface area contributed by atoms with E-state index in [2.05, 4.69) is 41.2 Å². The van der Waals surface area contributed by atoms with Crippen LogP contribution in [0.3, 0.4) is 0 Å². The SMILES string of the molecule is Cc1cccc(CN(C)CC(C)C(N)=NO)c1. The molecule has 0 aromatic heterocycles. The van der Waals surface area contributed by atoms with Gasteiger partial charge < -0.3 is 15.8 Å².